The Morgan fingerprint density at radius 2 is 1.22 bits per heavy atom. The predicted octanol–water partition coefficient (Wildman–Crippen LogP) is 6.17. The van der Waals surface area contributed by atoms with Crippen molar-refractivity contribution in [2.24, 2.45) is 0 Å². The van der Waals surface area contributed by atoms with E-state index in [1.807, 2.05) is 114 Å². The SMILES string of the molecule is CCOC(=O)c1c(C)c(C(=O)N(Cc2ccccc2)Cc2ccccc2)c(C)n1Cc1ccccc1. The lowest BCUT2D eigenvalue weighted by Crippen LogP contribution is -2.31. The molecule has 5 nitrogen and oxygen atoms in total. The van der Waals surface area contributed by atoms with E-state index in [-0.39, 0.29) is 12.5 Å². The van der Waals surface area contributed by atoms with Crippen LogP contribution in [0.3, 0.4) is 0 Å². The quantitative estimate of drug-likeness (QED) is 0.269. The van der Waals surface area contributed by atoms with Gasteiger partial charge in [-0.25, -0.2) is 4.79 Å². The van der Waals surface area contributed by atoms with Gasteiger partial charge in [0.25, 0.3) is 5.91 Å². The molecule has 184 valence electrons. The monoisotopic (exact) mass is 480 g/mol. The van der Waals surface area contributed by atoms with Gasteiger partial charge in [0.1, 0.15) is 5.69 Å². The Balaban J connectivity index is 1.77. The summed E-state index contributed by atoms with van der Waals surface area (Å²) in [5.74, 6) is -0.513. The fourth-order valence-corrected chi connectivity index (χ4v) is 4.60. The van der Waals surface area contributed by atoms with E-state index < -0.39 is 5.97 Å². The van der Waals surface area contributed by atoms with Crippen LogP contribution in [0.15, 0.2) is 91.0 Å². The summed E-state index contributed by atoms with van der Waals surface area (Å²) in [6.45, 7) is 7.22. The molecule has 5 heteroatoms. The lowest BCUT2D eigenvalue weighted by molar-refractivity contribution is 0.0513. The maximum absolute atomic E-state index is 14.2. The second-order valence-electron chi connectivity index (χ2n) is 8.86. The van der Waals surface area contributed by atoms with Crippen molar-refractivity contribution in [1.82, 2.24) is 9.47 Å². The molecule has 36 heavy (non-hydrogen) atoms. The molecule has 0 radical (unpaired) electrons. The van der Waals surface area contributed by atoms with Crippen LogP contribution in [0.1, 0.15) is 55.7 Å². The molecule has 4 rings (SSSR count). The van der Waals surface area contributed by atoms with Gasteiger partial charge >= 0.3 is 5.97 Å². The summed E-state index contributed by atoms with van der Waals surface area (Å²) in [7, 11) is 0. The second kappa shape index (κ2) is 11.5. The zero-order chi connectivity index (χ0) is 25.5. The van der Waals surface area contributed by atoms with Crippen molar-refractivity contribution in [2.45, 2.75) is 40.4 Å². The summed E-state index contributed by atoms with van der Waals surface area (Å²) in [5, 5.41) is 0. The molecule has 0 spiro atoms. The van der Waals surface area contributed by atoms with Crippen LogP contribution in [0, 0.1) is 13.8 Å². The first kappa shape index (κ1) is 25.0. The molecule has 0 N–H and O–H groups in total. The summed E-state index contributed by atoms with van der Waals surface area (Å²) >= 11 is 0. The van der Waals surface area contributed by atoms with E-state index in [1.54, 1.807) is 6.92 Å². The van der Waals surface area contributed by atoms with Gasteiger partial charge in [0.15, 0.2) is 0 Å². The molecule has 0 aliphatic heterocycles. The van der Waals surface area contributed by atoms with Crippen LogP contribution in [0.2, 0.25) is 0 Å². The van der Waals surface area contributed by atoms with E-state index in [9.17, 15) is 9.59 Å². The van der Waals surface area contributed by atoms with Gasteiger partial charge in [0, 0.05) is 25.3 Å². The van der Waals surface area contributed by atoms with Crippen LogP contribution in [0.4, 0.5) is 0 Å². The van der Waals surface area contributed by atoms with Crippen molar-refractivity contribution in [3.8, 4) is 0 Å². The Morgan fingerprint density at radius 3 is 1.69 bits per heavy atom. The average molecular weight is 481 g/mol. The topological polar surface area (TPSA) is 51.5 Å². The maximum atomic E-state index is 14.2. The predicted molar refractivity (Wildman–Crippen MR) is 142 cm³/mol. The first-order valence-corrected chi connectivity index (χ1v) is 12.3. The average Bonchev–Trinajstić information content (AvgIpc) is 3.14. The fraction of sp³-hybridized carbons (Fsp3) is 0.226. The number of rotatable bonds is 9. The largest absolute Gasteiger partial charge is 0.461 e. The third-order valence-electron chi connectivity index (χ3n) is 6.35. The van der Waals surface area contributed by atoms with Crippen LogP contribution in [0.5, 0.6) is 0 Å². The molecule has 0 saturated heterocycles. The smallest absolute Gasteiger partial charge is 0.355 e. The summed E-state index contributed by atoms with van der Waals surface area (Å²) in [4.78, 5) is 29.1. The number of benzene rings is 3. The van der Waals surface area contributed by atoms with Crippen LogP contribution >= 0.6 is 0 Å². The molecule has 0 aliphatic rings. The van der Waals surface area contributed by atoms with Gasteiger partial charge in [-0.3, -0.25) is 4.79 Å². The normalized spacial score (nSPS) is 10.8. The van der Waals surface area contributed by atoms with Crippen LogP contribution < -0.4 is 0 Å². The highest BCUT2D eigenvalue weighted by Crippen LogP contribution is 2.27. The fourth-order valence-electron chi connectivity index (χ4n) is 4.60. The standard InChI is InChI=1S/C31H32N2O3/c1-4-36-31(35)29-23(2)28(24(3)33(29)22-27-18-12-7-13-19-27)30(34)32(20-25-14-8-5-9-15-25)21-26-16-10-6-11-17-26/h5-19H,4,20-22H2,1-3H3. The van der Waals surface area contributed by atoms with Crippen molar-refractivity contribution in [3.05, 3.63) is 130 Å². The highest BCUT2D eigenvalue weighted by Gasteiger charge is 2.30. The minimum atomic E-state index is -0.411. The van der Waals surface area contributed by atoms with Gasteiger partial charge in [-0.1, -0.05) is 91.0 Å². The Morgan fingerprint density at radius 1 is 0.750 bits per heavy atom. The van der Waals surface area contributed by atoms with Crippen molar-refractivity contribution >= 4 is 11.9 Å². The van der Waals surface area contributed by atoms with E-state index in [0.717, 1.165) is 22.4 Å². The lowest BCUT2D eigenvalue weighted by Gasteiger charge is -2.24. The second-order valence-corrected chi connectivity index (χ2v) is 8.86. The van der Waals surface area contributed by atoms with Crippen LogP contribution in [-0.4, -0.2) is 28.0 Å². The molecule has 1 heterocycles. The molecule has 0 aliphatic carbocycles. The zero-order valence-electron chi connectivity index (χ0n) is 21.1. The van der Waals surface area contributed by atoms with Crippen molar-refractivity contribution in [1.29, 1.82) is 0 Å². The molecule has 3 aromatic carbocycles. The van der Waals surface area contributed by atoms with Crippen LogP contribution in [0.25, 0.3) is 0 Å². The number of hydrogen-bond donors (Lipinski definition) is 0. The number of hydrogen-bond acceptors (Lipinski definition) is 3. The van der Waals surface area contributed by atoms with Gasteiger partial charge in [-0.2, -0.15) is 0 Å². The molecule has 1 aromatic heterocycles. The molecule has 0 atom stereocenters. The molecular formula is C31H32N2O3. The highest BCUT2D eigenvalue weighted by atomic mass is 16.5. The number of aromatic nitrogens is 1. The molecule has 0 saturated carbocycles. The third kappa shape index (κ3) is 5.57. The molecule has 1 amide bonds. The Hall–Kier alpha value is -4.12. The molecule has 0 unspecified atom stereocenters. The van der Waals surface area contributed by atoms with Gasteiger partial charge in [-0.05, 0) is 43.0 Å². The van der Waals surface area contributed by atoms with E-state index in [2.05, 4.69) is 0 Å². The minimum Gasteiger partial charge on any atom is -0.461 e. The summed E-state index contributed by atoms with van der Waals surface area (Å²) in [5.41, 5.74) is 5.54. The van der Waals surface area contributed by atoms with E-state index >= 15 is 0 Å². The van der Waals surface area contributed by atoms with Crippen molar-refractivity contribution < 1.29 is 14.3 Å². The van der Waals surface area contributed by atoms with Gasteiger partial charge < -0.3 is 14.2 Å². The Bertz CT molecular complexity index is 1270. The summed E-state index contributed by atoms with van der Waals surface area (Å²) < 4.78 is 7.32. The van der Waals surface area contributed by atoms with E-state index in [1.165, 1.54) is 0 Å². The van der Waals surface area contributed by atoms with Gasteiger partial charge in [-0.15, -0.1) is 0 Å². The number of amides is 1. The minimum absolute atomic E-state index is 0.102. The number of nitrogens with zero attached hydrogens (tertiary/aromatic N) is 2. The lowest BCUT2D eigenvalue weighted by atomic mass is 10.1. The van der Waals surface area contributed by atoms with Crippen molar-refractivity contribution in [2.75, 3.05) is 6.61 Å². The zero-order valence-corrected chi connectivity index (χ0v) is 21.1. The van der Waals surface area contributed by atoms with Crippen molar-refractivity contribution in [3.63, 3.8) is 0 Å². The van der Waals surface area contributed by atoms with E-state index in [0.29, 0.717) is 36.5 Å². The number of carbonyl (C=O) groups excluding carboxylic acids is 2. The first-order chi connectivity index (χ1) is 17.5. The molecule has 0 fully saturated rings. The molecule has 4 aromatic rings. The summed E-state index contributed by atoms with van der Waals surface area (Å²) in [6, 6.07) is 29.9. The number of ether oxygens (including phenoxy) is 1. The van der Waals surface area contributed by atoms with Gasteiger partial charge in [0.2, 0.25) is 0 Å². The Labute approximate surface area is 213 Å². The first-order valence-electron chi connectivity index (χ1n) is 12.3. The molecule has 0 bridgehead atoms. The molecular weight excluding hydrogens is 448 g/mol. The van der Waals surface area contributed by atoms with E-state index in [4.69, 9.17) is 4.74 Å². The summed E-state index contributed by atoms with van der Waals surface area (Å²) in [6.07, 6.45) is 0. The van der Waals surface area contributed by atoms with Crippen LogP contribution in [-0.2, 0) is 24.4 Å². The Kier molecular flexibility index (Phi) is 8.01. The van der Waals surface area contributed by atoms with Gasteiger partial charge in [0.05, 0.1) is 12.2 Å². The third-order valence-corrected chi connectivity index (χ3v) is 6.35. The maximum Gasteiger partial charge on any atom is 0.355 e. The highest BCUT2D eigenvalue weighted by molar-refractivity contribution is 6.01. The number of esters is 1. The number of carbonyl (C=O) groups is 2.